The number of halogens is 1. The Kier molecular flexibility index (Phi) is 5.83. The van der Waals surface area contributed by atoms with Gasteiger partial charge in [0, 0.05) is 0 Å². The lowest BCUT2D eigenvalue weighted by Gasteiger charge is -2.06. The second-order valence-corrected chi connectivity index (χ2v) is 7.31. The maximum atomic E-state index is 12.9. The van der Waals surface area contributed by atoms with E-state index in [-0.39, 0.29) is 10.7 Å². The van der Waals surface area contributed by atoms with E-state index in [0.29, 0.717) is 17.9 Å². The van der Waals surface area contributed by atoms with Crippen LogP contribution in [0.5, 0.6) is 5.75 Å². The summed E-state index contributed by atoms with van der Waals surface area (Å²) in [6.45, 7) is 0.324. The highest BCUT2D eigenvalue weighted by atomic mass is 32.2. The van der Waals surface area contributed by atoms with Crippen LogP contribution in [0.3, 0.4) is 0 Å². The summed E-state index contributed by atoms with van der Waals surface area (Å²) >= 11 is 0. The van der Waals surface area contributed by atoms with Gasteiger partial charge in [0.05, 0.1) is 11.1 Å². The highest BCUT2D eigenvalue weighted by Gasteiger charge is 2.10. The molecule has 0 saturated carbocycles. The monoisotopic (exact) mass is 384 g/mol. The van der Waals surface area contributed by atoms with Crippen molar-refractivity contribution in [3.63, 3.8) is 0 Å². The van der Waals surface area contributed by atoms with Gasteiger partial charge in [0.1, 0.15) is 18.2 Å². The molecule has 5 nitrogen and oxygen atoms in total. The predicted molar refractivity (Wildman–Crippen MR) is 102 cm³/mol. The number of ether oxygens (including phenoxy) is 1. The minimum absolute atomic E-state index is 0.145. The number of hydrogen-bond donors (Lipinski definition) is 1. The fourth-order valence-electron chi connectivity index (χ4n) is 2.22. The lowest BCUT2D eigenvalue weighted by atomic mass is 10.2. The van der Waals surface area contributed by atoms with Crippen molar-refractivity contribution in [2.24, 2.45) is 5.10 Å². The number of sulfonamides is 1. The number of nitrogens with one attached hydrogen (secondary N) is 1. The first-order valence-corrected chi connectivity index (χ1v) is 9.58. The van der Waals surface area contributed by atoms with Crippen LogP contribution in [0.15, 0.2) is 88.9 Å². The van der Waals surface area contributed by atoms with Gasteiger partial charge in [0.25, 0.3) is 10.0 Å². The summed E-state index contributed by atoms with van der Waals surface area (Å²) in [6.07, 6.45) is 1.41. The van der Waals surface area contributed by atoms with Crippen molar-refractivity contribution in [3.8, 4) is 5.75 Å². The number of hydrazone groups is 1. The van der Waals surface area contributed by atoms with Gasteiger partial charge in [-0.2, -0.15) is 13.5 Å². The normalized spacial score (nSPS) is 11.4. The number of nitrogens with zero attached hydrogens (tertiary/aromatic N) is 1. The van der Waals surface area contributed by atoms with E-state index in [2.05, 4.69) is 9.93 Å². The van der Waals surface area contributed by atoms with Gasteiger partial charge < -0.3 is 4.74 Å². The quantitative estimate of drug-likeness (QED) is 0.499. The lowest BCUT2D eigenvalue weighted by Crippen LogP contribution is -2.18. The molecule has 0 aliphatic heterocycles. The summed E-state index contributed by atoms with van der Waals surface area (Å²) in [5.41, 5.74) is 1.57. The molecule has 0 spiro atoms. The van der Waals surface area contributed by atoms with E-state index < -0.39 is 10.0 Å². The van der Waals surface area contributed by atoms with Gasteiger partial charge in [-0.3, -0.25) is 0 Å². The maximum Gasteiger partial charge on any atom is 0.276 e. The number of benzene rings is 3. The van der Waals surface area contributed by atoms with E-state index in [1.54, 1.807) is 54.6 Å². The molecule has 7 heteroatoms. The zero-order chi connectivity index (χ0) is 19.1. The van der Waals surface area contributed by atoms with Crippen LogP contribution in [0.1, 0.15) is 11.1 Å². The Labute approximate surface area is 157 Å². The minimum Gasteiger partial charge on any atom is -0.489 e. The minimum atomic E-state index is -3.68. The van der Waals surface area contributed by atoms with Crippen molar-refractivity contribution in [1.29, 1.82) is 0 Å². The third-order valence-corrected chi connectivity index (χ3v) is 4.88. The molecule has 0 unspecified atom stereocenters. The van der Waals surface area contributed by atoms with Gasteiger partial charge in [0.2, 0.25) is 0 Å². The zero-order valence-corrected chi connectivity index (χ0v) is 15.1. The van der Waals surface area contributed by atoms with Crippen LogP contribution in [0.2, 0.25) is 0 Å². The predicted octanol–water partition coefficient (Wildman–Crippen LogP) is 3.72. The summed E-state index contributed by atoms with van der Waals surface area (Å²) in [7, 11) is -3.68. The second kappa shape index (κ2) is 8.46. The van der Waals surface area contributed by atoms with E-state index in [1.165, 1.54) is 30.5 Å². The molecule has 3 aromatic rings. The Balaban J connectivity index is 1.55. The lowest BCUT2D eigenvalue weighted by molar-refractivity contribution is 0.306. The average Bonchev–Trinajstić information content (AvgIpc) is 2.69. The molecular formula is C20H17FN2O3S. The largest absolute Gasteiger partial charge is 0.489 e. The molecule has 27 heavy (non-hydrogen) atoms. The average molecular weight is 384 g/mol. The Bertz CT molecular complexity index is 1000. The first kappa shape index (κ1) is 18.6. The summed E-state index contributed by atoms with van der Waals surface area (Å²) < 4.78 is 42.6. The molecule has 3 rings (SSSR count). The molecule has 0 aromatic heterocycles. The van der Waals surface area contributed by atoms with Crippen molar-refractivity contribution < 1.29 is 17.5 Å². The Hall–Kier alpha value is -3.19. The third-order valence-electron chi connectivity index (χ3n) is 3.64. The number of hydrogen-bond acceptors (Lipinski definition) is 4. The molecule has 138 valence electrons. The fourth-order valence-corrected chi connectivity index (χ4v) is 3.03. The molecule has 3 aromatic carbocycles. The Morgan fingerprint density at radius 1 is 0.926 bits per heavy atom. The molecule has 0 radical (unpaired) electrons. The molecule has 0 fully saturated rings. The van der Waals surface area contributed by atoms with Crippen LogP contribution in [0, 0.1) is 5.82 Å². The van der Waals surface area contributed by atoms with Crippen LogP contribution >= 0.6 is 0 Å². The topological polar surface area (TPSA) is 67.8 Å². The number of rotatable bonds is 7. The van der Waals surface area contributed by atoms with Gasteiger partial charge in [-0.05, 0) is 59.7 Å². The van der Waals surface area contributed by atoms with Crippen molar-refractivity contribution in [2.75, 3.05) is 0 Å². The van der Waals surface area contributed by atoms with Crippen LogP contribution < -0.4 is 9.57 Å². The molecule has 0 heterocycles. The van der Waals surface area contributed by atoms with Gasteiger partial charge >= 0.3 is 0 Å². The fraction of sp³-hybridized carbons (Fsp3) is 0.0500. The summed E-state index contributed by atoms with van der Waals surface area (Å²) in [5, 5.41) is 3.78. The molecule has 0 atom stereocenters. The summed E-state index contributed by atoms with van der Waals surface area (Å²) in [5.74, 6) is 0.353. The van der Waals surface area contributed by atoms with Crippen LogP contribution in [-0.4, -0.2) is 14.6 Å². The van der Waals surface area contributed by atoms with Gasteiger partial charge in [-0.25, -0.2) is 9.22 Å². The molecule has 1 N–H and O–H groups in total. The van der Waals surface area contributed by atoms with Crippen LogP contribution in [0.25, 0.3) is 0 Å². The molecule has 0 bridgehead atoms. The molecule has 0 amide bonds. The van der Waals surface area contributed by atoms with E-state index in [0.717, 1.165) is 5.56 Å². The third kappa shape index (κ3) is 5.39. The zero-order valence-electron chi connectivity index (χ0n) is 14.2. The second-order valence-electron chi connectivity index (χ2n) is 5.65. The Morgan fingerprint density at radius 2 is 1.59 bits per heavy atom. The molecule has 0 aliphatic carbocycles. The summed E-state index contributed by atoms with van der Waals surface area (Å²) in [4.78, 5) is 2.31. The first-order valence-electron chi connectivity index (χ1n) is 8.10. The van der Waals surface area contributed by atoms with Crippen molar-refractivity contribution >= 4 is 16.2 Å². The SMILES string of the molecule is O=S(=O)(N/N=C\c1ccc(OCc2ccc(F)cc2)cc1)c1ccccc1. The van der Waals surface area contributed by atoms with E-state index >= 15 is 0 Å². The van der Waals surface area contributed by atoms with Gasteiger partial charge in [-0.1, -0.05) is 30.3 Å². The van der Waals surface area contributed by atoms with E-state index in [1.807, 2.05) is 0 Å². The van der Waals surface area contributed by atoms with E-state index in [4.69, 9.17) is 4.74 Å². The van der Waals surface area contributed by atoms with Gasteiger partial charge in [0.15, 0.2) is 0 Å². The smallest absolute Gasteiger partial charge is 0.276 e. The summed E-state index contributed by atoms with van der Waals surface area (Å²) in [6, 6.07) is 21.1. The molecule has 0 aliphatic rings. The Morgan fingerprint density at radius 3 is 2.26 bits per heavy atom. The van der Waals surface area contributed by atoms with Crippen molar-refractivity contribution in [1.82, 2.24) is 4.83 Å². The van der Waals surface area contributed by atoms with Crippen LogP contribution in [-0.2, 0) is 16.6 Å². The molecule has 0 saturated heterocycles. The van der Waals surface area contributed by atoms with E-state index in [9.17, 15) is 12.8 Å². The highest BCUT2D eigenvalue weighted by Crippen LogP contribution is 2.14. The maximum absolute atomic E-state index is 12.9. The highest BCUT2D eigenvalue weighted by molar-refractivity contribution is 7.89. The van der Waals surface area contributed by atoms with Crippen molar-refractivity contribution in [2.45, 2.75) is 11.5 Å². The van der Waals surface area contributed by atoms with Gasteiger partial charge in [-0.15, -0.1) is 0 Å². The van der Waals surface area contributed by atoms with Crippen LogP contribution in [0.4, 0.5) is 4.39 Å². The standard InChI is InChI=1S/C20H17FN2O3S/c21-18-10-6-17(7-11-18)15-26-19-12-8-16(9-13-19)14-22-23-27(24,25)20-4-2-1-3-5-20/h1-14,23H,15H2/b22-14-. The first-order chi connectivity index (χ1) is 13.0. The molecular weight excluding hydrogens is 367 g/mol. The van der Waals surface area contributed by atoms with Crippen molar-refractivity contribution in [3.05, 3.63) is 95.8 Å².